The summed E-state index contributed by atoms with van der Waals surface area (Å²) in [7, 11) is 0. The topological polar surface area (TPSA) is 24.9 Å². The highest BCUT2D eigenvalue weighted by Gasteiger charge is 2.04. The monoisotopic (exact) mass is 310 g/mol. The number of halogens is 1. The van der Waals surface area contributed by atoms with Crippen molar-refractivity contribution in [3.05, 3.63) is 43.8 Å². The first-order chi connectivity index (χ1) is 8.06. The van der Waals surface area contributed by atoms with Gasteiger partial charge in [-0.05, 0) is 38.5 Å². The maximum Gasteiger partial charge on any atom is 0.0900 e. The average molecular weight is 311 g/mol. The van der Waals surface area contributed by atoms with Gasteiger partial charge in [0.25, 0.3) is 0 Å². The number of aromatic nitrogens is 1. The van der Waals surface area contributed by atoms with Gasteiger partial charge in [0.1, 0.15) is 0 Å². The van der Waals surface area contributed by atoms with E-state index < -0.39 is 0 Å². The summed E-state index contributed by atoms with van der Waals surface area (Å²) in [6, 6.07) is 6.32. The molecule has 0 atom stereocenters. The maximum atomic E-state index is 4.42. The molecule has 0 amide bonds. The first kappa shape index (κ1) is 12.6. The van der Waals surface area contributed by atoms with E-state index >= 15 is 0 Å². The largest absolute Gasteiger partial charge is 0.380 e. The Morgan fingerprint density at radius 1 is 1.29 bits per heavy atom. The minimum atomic E-state index is 0.840. The summed E-state index contributed by atoms with van der Waals surface area (Å²) in [5.41, 5.74) is 3.51. The normalized spacial score (nSPS) is 10.6. The molecule has 1 aromatic carbocycles. The molecule has 1 N–H and O–H groups in total. The number of hydrogen-bond acceptors (Lipinski definition) is 3. The van der Waals surface area contributed by atoms with Crippen molar-refractivity contribution in [3.63, 3.8) is 0 Å². The van der Waals surface area contributed by atoms with E-state index in [0.29, 0.717) is 0 Å². The number of nitrogens with one attached hydrogen (secondary N) is 1. The zero-order valence-electron chi connectivity index (χ0n) is 10.2. The highest BCUT2D eigenvalue weighted by Crippen LogP contribution is 2.23. The Hall–Kier alpha value is -0.870. The van der Waals surface area contributed by atoms with Crippen LogP contribution >= 0.6 is 27.3 Å². The fourth-order valence-electron chi connectivity index (χ4n) is 1.62. The summed E-state index contributed by atoms with van der Waals surface area (Å²) in [4.78, 5) is 5.73. The van der Waals surface area contributed by atoms with E-state index in [1.54, 1.807) is 11.3 Å². The van der Waals surface area contributed by atoms with Crippen LogP contribution < -0.4 is 5.32 Å². The van der Waals surface area contributed by atoms with Gasteiger partial charge < -0.3 is 5.32 Å². The van der Waals surface area contributed by atoms with E-state index in [9.17, 15) is 0 Å². The standard InChI is InChI=1S/C13H15BrN2S/c1-8-4-5-11(6-12(8)14)15-7-13-9(2)16-10(3)17-13/h4-6,15H,7H2,1-3H3. The highest BCUT2D eigenvalue weighted by molar-refractivity contribution is 9.10. The SMILES string of the molecule is Cc1nc(C)c(CNc2ccc(C)c(Br)c2)s1. The van der Waals surface area contributed by atoms with E-state index in [-0.39, 0.29) is 0 Å². The molecule has 0 spiro atoms. The lowest BCUT2D eigenvalue weighted by molar-refractivity contribution is 1.11. The van der Waals surface area contributed by atoms with Gasteiger partial charge in [0.15, 0.2) is 0 Å². The van der Waals surface area contributed by atoms with Crippen molar-refractivity contribution in [1.29, 1.82) is 0 Å². The van der Waals surface area contributed by atoms with Crippen LogP contribution in [0.2, 0.25) is 0 Å². The van der Waals surface area contributed by atoms with Crippen LogP contribution in [0.15, 0.2) is 22.7 Å². The summed E-state index contributed by atoms with van der Waals surface area (Å²) < 4.78 is 1.14. The lowest BCUT2D eigenvalue weighted by Gasteiger charge is -2.07. The molecule has 0 aliphatic heterocycles. The van der Waals surface area contributed by atoms with Crippen LogP contribution in [-0.4, -0.2) is 4.98 Å². The molecule has 90 valence electrons. The van der Waals surface area contributed by atoms with Crippen LogP contribution in [0.1, 0.15) is 21.1 Å². The number of aryl methyl sites for hydroxylation is 3. The van der Waals surface area contributed by atoms with Gasteiger partial charge in [-0.15, -0.1) is 11.3 Å². The van der Waals surface area contributed by atoms with Crippen LogP contribution in [0.4, 0.5) is 5.69 Å². The second-order valence-electron chi connectivity index (χ2n) is 4.06. The number of rotatable bonds is 3. The highest BCUT2D eigenvalue weighted by atomic mass is 79.9. The second kappa shape index (κ2) is 5.19. The molecule has 0 bridgehead atoms. The Balaban J connectivity index is 2.07. The smallest absolute Gasteiger partial charge is 0.0900 e. The zero-order chi connectivity index (χ0) is 12.4. The Labute approximate surface area is 114 Å². The molecule has 0 fully saturated rings. The summed E-state index contributed by atoms with van der Waals surface area (Å²) in [5.74, 6) is 0. The van der Waals surface area contributed by atoms with Crippen molar-refractivity contribution in [3.8, 4) is 0 Å². The van der Waals surface area contributed by atoms with Crippen molar-refractivity contribution in [2.75, 3.05) is 5.32 Å². The number of thiazole rings is 1. The van der Waals surface area contributed by atoms with E-state index in [2.05, 4.69) is 58.3 Å². The van der Waals surface area contributed by atoms with Gasteiger partial charge in [-0.3, -0.25) is 0 Å². The van der Waals surface area contributed by atoms with E-state index in [4.69, 9.17) is 0 Å². The molecular formula is C13H15BrN2S. The van der Waals surface area contributed by atoms with Gasteiger partial charge >= 0.3 is 0 Å². The molecule has 2 aromatic rings. The molecule has 1 heterocycles. The Morgan fingerprint density at radius 3 is 2.65 bits per heavy atom. The van der Waals surface area contributed by atoms with E-state index in [1.165, 1.54) is 10.4 Å². The van der Waals surface area contributed by atoms with Crippen LogP contribution in [0.3, 0.4) is 0 Å². The molecule has 17 heavy (non-hydrogen) atoms. The van der Waals surface area contributed by atoms with Crippen LogP contribution in [0, 0.1) is 20.8 Å². The van der Waals surface area contributed by atoms with Gasteiger partial charge in [0.05, 0.1) is 17.2 Å². The van der Waals surface area contributed by atoms with Gasteiger partial charge in [0.2, 0.25) is 0 Å². The molecule has 0 radical (unpaired) electrons. The lowest BCUT2D eigenvalue weighted by Crippen LogP contribution is -1.99. The molecule has 2 rings (SSSR count). The quantitative estimate of drug-likeness (QED) is 0.906. The van der Waals surface area contributed by atoms with Crippen molar-refractivity contribution in [2.24, 2.45) is 0 Å². The van der Waals surface area contributed by atoms with Gasteiger partial charge in [-0.25, -0.2) is 4.98 Å². The summed E-state index contributed by atoms with van der Waals surface area (Å²) in [6.45, 7) is 7.03. The van der Waals surface area contributed by atoms with Gasteiger partial charge in [-0.2, -0.15) is 0 Å². The molecule has 1 aromatic heterocycles. The molecular weight excluding hydrogens is 296 g/mol. The molecule has 0 aliphatic carbocycles. The Kier molecular flexibility index (Phi) is 3.84. The molecule has 2 nitrogen and oxygen atoms in total. The minimum Gasteiger partial charge on any atom is -0.380 e. The Morgan fingerprint density at radius 2 is 2.06 bits per heavy atom. The van der Waals surface area contributed by atoms with Crippen molar-refractivity contribution < 1.29 is 0 Å². The molecule has 0 aliphatic rings. The predicted molar refractivity (Wildman–Crippen MR) is 77.8 cm³/mol. The lowest BCUT2D eigenvalue weighted by atomic mass is 10.2. The van der Waals surface area contributed by atoms with Crippen LogP contribution in [0.5, 0.6) is 0 Å². The molecule has 0 saturated heterocycles. The van der Waals surface area contributed by atoms with Crippen LogP contribution in [-0.2, 0) is 6.54 Å². The van der Waals surface area contributed by atoms with E-state index in [1.807, 2.05) is 6.92 Å². The van der Waals surface area contributed by atoms with E-state index in [0.717, 1.165) is 27.4 Å². The summed E-state index contributed by atoms with van der Waals surface area (Å²) >= 11 is 5.30. The molecule has 0 saturated carbocycles. The van der Waals surface area contributed by atoms with Gasteiger partial charge in [-0.1, -0.05) is 22.0 Å². The fourth-order valence-corrected chi connectivity index (χ4v) is 2.88. The third-order valence-corrected chi connectivity index (χ3v) is 4.55. The van der Waals surface area contributed by atoms with Crippen molar-refractivity contribution in [1.82, 2.24) is 4.98 Å². The zero-order valence-corrected chi connectivity index (χ0v) is 12.6. The number of anilines is 1. The average Bonchev–Trinajstić information content (AvgIpc) is 2.59. The third kappa shape index (κ3) is 3.07. The van der Waals surface area contributed by atoms with Crippen LogP contribution in [0.25, 0.3) is 0 Å². The fraction of sp³-hybridized carbons (Fsp3) is 0.308. The molecule has 0 unspecified atom stereocenters. The number of benzene rings is 1. The second-order valence-corrected chi connectivity index (χ2v) is 6.20. The van der Waals surface area contributed by atoms with Crippen molar-refractivity contribution in [2.45, 2.75) is 27.3 Å². The van der Waals surface area contributed by atoms with Gasteiger partial charge in [0, 0.05) is 15.0 Å². The Bertz CT molecular complexity index is 534. The molecule has 4 heteroatoms. The maximum absolute atomic E-state index is 4.42. The summed E-state index contributed by atoms with van der Waals surface area (Å²) in [5, 5.41) is 4.55. The number of hydrogen-bond donors (Lipinski definition) is 1. The van der Waals surface area contributed by atoms with Crippen molar-refractivity contribution >= 4 is 33.0 Å². The first-order valence-corrected chi connectivity index (χ1v) is 7.10. The number of nitrogens with zero attached hydrogens (tertiary/aromatic N) is 1. The third-order valence-electron chi connectivity index (χ3n) is 2.62. The predicted octanol–water partition coefficient (Wildman–Crippen LogP) is 4.44. The minimum absolute atomic E-state index is 0.840. The summed E-state index contributed by atoms with van der Waals surface area (Å²) in [6.07, 6.45) is 0. The first-order valence-electron chi connectivity index (χ1n) is 5.49.